The Morgan fingerprint density at radius 3 is 3.13 bits per heavy atom. The first-order valence-corrected chi connectivity index (χ1v) is 4.95. The van der Waals surface area contributed by atoms with E-state index >= 15 is 0 Å². The Hall–Kier alpha value is -1.43. The van der Waals surface area contributed by atoms with Crippen molar-refractivity contribution in [1.82, 2.24) is 15.4 Å². The first-order chi connectivity index (χ1) is 7.23. The number of ether oxygens (including phenoxy) is 1. The highest BCUT2D eigenvalue weighted by Crippen LogP contribution is 2.63. The van der Waals surface area contributed by atoms with Gasteiger partial charge in [-0.15, -0.1) is 5.10 Å². The summed E-state index contributed by atoms with van der Waals surface area (Å²) in [5.74, 6) is -0.801. The van der Waals surface area contributed by atoms with Gasteiger partial charge in [0.2, 0.25) is 0 Å². The van der Waals surface area contributed by atoms with Crippen molar-refractivity contribution in [2.24, 2.45) is 5.41 Å². The second-order valence-electron chi connectivity index (χ2n) is 4.28. The van der Waals surface area contributed by atoms with Gasteiger partial charge in [0.1, 0.15) is 5.69 Å². The van der Waals surface area contributed by atoms with E-state index in [0.29, 0.717) is 5.69 Å². The number of nitrogens with one attached hydrogen (secondary N) is 1. The average Bonchev–Trinajstić information content (AvgIpc) is 2.64. The zero-order valence-electron chi connectivity index (χ0n) is 8.06. The van der Waals surface area contributed by atoms with Crippen LogP contribution in [0.15, 0.2) is 0 Å². The van der Waals surface area contributed by atoms with Crippen molar-refractivity contribution >= 4 is 5.97 Å². The van der Waals surface area contributed by atoms with E-state index in [-0.39, 0.29) is 17.0 Å². The van der Waals surface area contributed by atoms with Gasteiger partial charge in [-0.2, -0.15) is 10.3 Å². The molecule has 3 rings (SSSR count). The molecule has 6 nitrogen and oxygen atoms in total. The molecule has 2 unspecified atom stereocenters. The molecule has 6 heteroatoms. The molecule has 1 aromatic heterocycles. The zero-order valence-corrected chi connectivity index (χ0v) is 8.06. The van der Waals surface area contributed by atoms with Crippen LogP contribution in [0.25, 0.3) is 0 Å². The van der Waals surface area contributed by atoms with Crippen LogP contribution in [-0.2, 0) is 4.74 Å². The summed E-state index contributed by atoms with van der Waals surface area (Å²) in [6, 6.07) is 0. The second kappa shape index (κ2) is 2.79. The van der Waals surface area contributed by atoms with Crippen molar-refractivity contribution < 1.29 is 14.6 Å². The quantitative estimate of drug-likeness (QED) is 0.735. The van der Waals surface area contributed by atoms with Gasteiger partial charge in [0, 0.05) is 17.9 Å². The molecule has 0 aromatic carbocycles. The van der Waals surface area contributed by atoms with Crippen molar-refractivity contribution in [1.29, 1.82) is 0 Å². The van der Waals surface area contributed by atoms with Crippen LogP contribution in [0.2, 0.25) is 0 Å². The molecule has 0 bridgehead atoms. The Morgan fingerprint density at radius 2 is 2.47 bits per heavy atom. The highest BCUT2D eigenvalue weighted by Gasteiger charge is 2.59. The molecule has 1 aliphatic heterocycles. The monoisotopic (exact) mass is 209 g/mol. The molecule has 2 fully saturated rings. The number of aromatic carboxylic acids is 1. The van der Waals surface area contributed by atoms with Crippen molar-refractivity contribution in [3.05, 3.63) is 11.4 Å². The normalized spacial score (nSPS) is 33.5. The summed E-state index contributed by atoms with van der Waals surface area (Å²) in [4.78, 5) is 10.9. The van der Waals surface area contributed by atoms with Crippen LogP contribution < -0.4 is 0 Å². The topological polar surface area (TPSA) is 88.1 Å². The van der Waals surface area contributed by atoms with E-state index in [1.807, 2.05) is 0 Å². The molecule has 2 N–H and O–H groups in total. The minimum absolute atomic E-state index is 0.0591. The fourth-order valence-corrected chi connectivity index (χ4v) is 2.43. The number of nitrogens with zero attached hydrogens (tertiary/aromatic N) is 2. The third-order valence-corrected chi connectivity index (χ3v) is 3.43. The minimum atomic E-state index is -1.01. The van der Waals surface area contributed by atoms with E-state index in [0.717, 1.165) is 26.1 Å². The van der Waals surface area contributed by atoms with Crippen LogP contribution in [0.4, 0.5) is 0 Å². The summed E-state index contributed by atoms with van der Waals surface area (Å²) in [7, 11) is 0. The number of carbonyl (C=O) groups is 1. The van der Waals surface area contributed by atoms with E-state index in [1.54, 1.807) is 0 Å². The maximum Gasteiger partial charge on any atom is 0.358 e. The number of carboxylic acids is 1. The number of carboxylic acid groups (broad SMARTS) is 1. The van der Waals surface area contributed by atoms with Gasteiger partial charge in [-0.3, -0.25) is 0 Å². The van der Waals surface area contributed by atoms with Crippen LogP contribution >= 0.6 is 0 Å². The zero-order chi connectivity index (χ0) is 10.5. The number of hydrogen-bond acceptors (Lipinski definition) is 4. The predicted molar refractivity (Wildman–Crippen MR) is 48.6 cm³/mol. The fourth-order valence-electron chi connectivity index (χ4n) is 2.43. The van der Waals surface area contributed by atoms with Gasteiger partial charge in [0.15, 0.2) is 5.69 Å². The molecule has 0 amide bonds. The van der Waals surface area contributed by atoms with E-state index in [9.17, 15) is 4.79 Å². The number of rotatable bonds is 2. The first-order valence-electron chi connectivity index (χ1n) is 4.95. The third kappa shape index (κ3) is 1.18. The predicted octanol–water partition coefficient (Wildman–Crippen LogP) is 0.397. The summed E-state index contributed by atoms with van der Waals surface area (Å²) in [5, 5.41) is 18.9. The fraction of sp³-hybridized carbons (Fsp3) is 0.667. The molecular weight excluding hydrogens is 198 g/mol. The second-order valence-corrected chi connectivity index (χ2v) is 4.28. The highest BCUT2D eigenvalue weighted by molar-refractivity contribution is 5.86. The lowest BCUT2D eigenvalue weighted by molar-refractivity contribution is 0.0689. The maximum absolute atomic E-state index is 10.9. The lowest BCUT2D eigenvalue weighted by atomic mass is 10.0. The van der Waals surface area contributed by atoms with Gasteiger partial charge >= 0.3 is 5.97 Å². The lowest BCUT2D eigenvalue weighted by Gasteiger charge is -2.03. The molecule has 1 saturated carbocycles. The van der Waals surface area contributed by atoms with Crippen LogP contribution in [0, 0.1) is 5.41 Å². The van der Waals surface area contributed by atoms with Crippen molar-refractivity contribution in [3.8, 4) is 0 Å². The van der Waals surface area contributed by atoms with Gasteiger partial charge in [-0.05, 0) is 12.8 Å². The molecular formula is C9H11N3O3. The largest absolute Gasteiger partial charge is 0.476 e. The number of aromatic nitrogens is 3. The summed E-state index contributed by atoms with van der Waals surface area (Å²) in [6.07, 6.45) is 1.98. The van der Waals surface area contributed by atoms with Crippen LogP contribution in [0.3, 0.4) is 0 Å². The smallest absolute Gasteiger partial charge is 0.358 e. The standard InChI is InChI=1S/C9H11N3O3/c13-8(14)7-6(10-12-11-7)5-3-9(5)1-2-15-4-9/h5H,1-4H2,(H,13,14)(H,10,11,12). The van der Waals surface area contributed by atoms with Gasteiger partial charge in [0.25, 0.3) is 0 Å². The highest BCUT2D eigenvalue weighted by atomic mass is 16.5. The molecule has 1 aliphatic carbocycles. The summed E-state index contributed by atoms with van der Waals surface area (Å²) >= 11 is 0. The Balaban J connectivity index is 1.89. The SMILES string of the molecule is O=C(O)c1n[nH]nc1C1CC12CCOC2. The minimum Gasteiger partial charge on any atom is -0.476 e. The van der Waals surface area contributed by atoms with Crippen molar-refractivity contribution in [2.75, 3.05) is 13.2 Å². The van der Waals surface area contributed by atoms with E-state index in [2.05, 4.69) is 15.4 Å². The molecule has 2 heterocycles. The van der Waals surface area contributed by atoms with Crippen LogP contribution in [-0.4, -0.2) is 39.7 Å². The molecule has 1 aromatic rings. The summed E-state index contributed by atoms with van der Waals surface area (Å²) < 4.78 is 5.35. The van der Waals surface area contributed by atoms with Gasteiger partial charge in [0.05, 0.1) is 6.61 Å². The Kier molecular flexibility index (Phi) is 1.64. The first kappa shape index (κ1) is 8.84. The Bertz CT molecular complexity index is 408. The number of hydrogen-bond donors (Lipinski definition) is 2. The summed E-state index contributed by atoms with van der Waals surface area (Å²) in [5.41, 5.74) is 0.804. The van der Waals surface area contributed by atoms with E-state index in [4.69, 9.17) is 9.84 Å². The molecule has 1 saturated heterocycles. The van der Waals surface area contributed by atoms with Gasteiger partial charge < -0.3 is 9.84 Å². The summed E-state index contributed by atoms with van der Waals surface area (Å²) in [6.45, 7) is 1.50. The molecule has 2 aliphatic rings. The third-order valence-electron chi connectivity index (χ3n) is 3.43. The molecule has 2 atom stereocenters. The van der Waals surface area contributed by atoms with Crippen LogP contribution in [0.1, 0.15) is 34.9 Å². The Morgan fingerprint density at radius 1 is 1.60 bits per heavy atom. The van der Waals surface area contributed by atoms with Gasteiger partial charge in [-0.25, -0.2) is 4.79 Å². The number of aromatic amines is 1. The maximum atomic E-state index is 10.9. The average molecular weight is 209 g/mol. The van der Waals surface area contributed by atoms with E-state index < -0.39 is 5.97 Å². The lowest BCUT2D eigenvalue weighted by Crippen LogP contribution is -2.06. The van der Waals surface area contributed by atoms with Crippen molar-refractivity contribution in [2.45, 2.75) is 18.8 Å². The molecule has 80 valence electrons. The van der Waals surface area contributed by atoms with Crippen molar-refractivity contribution in [3.63, 3.8) is 0 Å². The van der Waals surface area contributed by atoms with Crippen LogP contribution in [0.5, 0.6) is 0 Å². The molecule has 15 heavy (non-hydrogen) atoms. The van der Waals surface area contributed by atoms with Gasteiger partial charge in [-0.1, -0.05) is 0 Å². The molecule has 1 spiro atoms. The number of H-pyrrole nitrogens is 1. The molecule has 0 radical (unpaired) electrons. The van der Waals surface area contributed by atoms with E-state index in [1.165, 1.54) is 0 Å². The Labute approximate surface area is 85.6 Å².